The Bertz CT molecular complexity index is 207. The van der Waals surface area contributed by atoms with Crippen molar-refractivity contribution in [3.8, 4) is 0 Å². The minimum Gasteiger partial charge on any atom is -0.432 e. The van der Waals surface area contributed by atoms with Gasteiger partial charge in [-0.1, -0.05) is 90.4 Å². The second-order valence-electron chi connectivity index (χ2n) is 3.77. The molecule has 0 saturated carbocycles. The Kier molecular flexibility index (Phi) is 15.4. The summed E-state index contributed by atoms with van der Waals surface area (Å²) >= 11 is 31.2. The van der Waals surface area contributed by atoms with Crippen molar-refractivity contribution in [3.63, 3.8) is 0 Å². The van der Waals surface area contributed by atoms with Gasteiger partial charge in [0.05, 0.1) is 0 Å². The molecule has 0 bridgehead atoms. The summed E-state index contributed by atoms with van der Waals surface area (Å²) < 4.78 is -3.96. The van der Waals surface area contributed by atoms with Crippen LogP contribution in [-0.2, 0) is 19.5 Å². The summed E-state index contributed by atoms with van der Waals surface area (Å²) in [6.45, 7) is 6.25. The third-order valence-corrected chi connectivity index (χ3v) is 7.78. The van der Waals surface area contributed by atoms with Crippen molar-refractivity contribution >= 4 is 77.9 Å². The monoisotopic (exact) mass is 460 g/mol. The standard InChI is InChI=1S/C6H16OSi.C3H2Cl6O.Zn/c1-4-8(7,5-2)6-3;4-2(5,6)1(10)3(7,8)9;/h7H,4-6H2,1-3H3;1,10H;. The van der Waals surface area contributed by atoms with Crippen molar-refractivity contribution in [3.05, 3.63) is 0 Å². The molecular weight excluding hydrogens is 446 g/mol. The molecule has 0 saturated heterocycles. The van der Waals surface area contributed by atoms with Gasteiger partial charge < -0.3 is 9.90 Å². The molecule has 114 valence electrons. The van der Waals surface area contributed by atoms with Gasteiger partial charge in [-0.25, -0.2) is 0 Å². The van der Waals surface area contributed by atoms with Gasteiger partial charge in [0.1, 0.15) is 6.10 Å². The van der Waals surface area contributed by atoms with Gasteiger partial charge in [-0.3, -0.25) is 0 Å². The normalized spacial score (nSPS) is 12.6. The quantitative estimate of drug-likeness (QED) is 0.453. The van der Waals surface area contributed by atoms with Gasteiger partial charge in [0, 0.05) is 19.5 Å². The fourth-order valence-corrected chi connectivity index (χ4v) is 3.92. The van der Waals surface area contributed by atoms with Gasteiger partial charge in [0.15, 0.2) is 8.32 Å². The van der Waals surface area contributed by atoms with Crippen molar-refractivity contribution in [1.82, 2.24) is 0 Å². The van der Waals surface area contributed by atoms with Crippen LogP contribution in [0, 0.1) is 0 Å². The SMILES string of the molecule is CC[Si](O)(CC)CC.OC(C(Cl)(Cl)Cl)C(Cl)(Cl)Cl.[Zn]. The molecule has 0 unspecified atom stereocenters. The van der Waals surface area contributed by atoms with Gasteiger partial charge in [-0.2, -0.15) is 0 Å². The number of hydrogen-bond acceptors (Lipinski definition) is 2. The number of alkyl halides is 6. The van der Waals surface area contributed by atoms with E-state index in [-0.39, 0.29) is 19.5 Å². The Balaban J connectivity index is -0.000000262. The molecule has 2 N–H and O–H groups in total. The molecular formula is C9H18Cl6O2SiZn. The van der Waals surface area contributed by atoms with E-state index in [0.29, 0.717) is 0 Å². The zero-order chi connectivity index (χ0) is 15.2. The van der Waals surface area contributed by atoms with Crippen LogP contribution in [0.4, 0.5) is 0 Å². The number of hydrogen-bond donors (Lipinski definition) is 2. The number of halogens is 6. The average molecular weight is 464 g/mol. The van der Waals surface area contributed by atoms with Crippen LogP contribution >= 0.6 is 69.6 Å². The molecule has 0 aromatic rings. The molecule has 0 aromatic carbocycles. The molecule has 0 aliphatic heterocycles. The fourth-order valence-electron chi connectivity index (χ4n) is 0.936. The summed E-state index contributed by atoms with van der Waals surface area (Å²) in [6.07, 6.45) is -1.64. The molecule has 0 atom stereocenters. The van der Waals surface area contributed by atoms with Crippen LogP contribution in [0.3, 0.4) is 0 Å². The predicted octanol–water partition coefficient (Wildman–Crippen LogP) is 5.07. The van der Waals surface area contributed by atoms with E-state index in [0.717, 1.165) is 18.1 Å². The van der Waals surface area contributed by atoms with Gasteiger partial charge >= 0.3 is 0 Å². The van der Waals surface area contributed by atoms with Gasteiger partial charge in [-0.05, 0) is 18.1 Å². The molecule has 0 spiro atoms. The molecule has 2 nitrogen and oxygen atoms in total. The second-order valence-corrected chi connectivity index (χ2v) is 13.1. The maximum absolute atomic E-state index is 9.58. The van der Waals surface area contributed by atoms with Crippen molar-refractivity contribution in [1.29, 1.82) is 0 Å². The summed E-state index contributed by atoms with van der Waals surface area (Å²) in [7, 11) is -1.67. The predicted molar refractivity (Wildman–Crippen MR) is 86.0 cm³/mol. The second kappa shape index (κ2) is 11.1. The van der Waals surface area contributed by atoms with Crippen LogP contribution in [0.5, 0.6) is 0 Å². The molecule has 19 heavy (non-hydrogen) atoms. The van der Waals surface area contributed by atoms with Crippen LogP contribution in [-0.4, -0.2) is 31.9 Å². The molecule has 0 radical (unpaired) electrons. The summed E-state index contributed by atoms with van der Waals surface area (Å²) in [5.74, 6) is 0. The maximum Gasteiger partial charge on any atom is 0.220 e. The largest absolute Gasteiger partial charge is 0.432 e. The summed E-state index contributed by atoms with van der Waals surface area (Å²) in [5.41, 5.74) is 0. The first-order valence-corrected chi connectivity index (χ1v) is 10.2. The molecule has 0 aromatic heterocycles. The summed E-state index contributed by atoms with van der Waals surface area (Å²) in [5, 5.41) is 8.93. The zero-order valence-electron chi connectivity index (χ0n) is 11.1. The van der Waals surface area contributed by atoms with Crippen molar-refractivity contribution in [2.45, 2.75) is 52.6 Å². The first-order chi connectivity index (χ1) is 7.84. The summed E-state index contributed by atoms with van der Waals surface area (Å²) in [4.78, 5) is 9.58. The molecule has 0 amide bonds. The fraction of sp³-hybridized carbons (Fsp3) is 1.00. The Morgan fingerprint density at radius 1 is 0.842 bits per heavy atom. The van der Waals surface area contributed by atoms with Gasteiger partial charge in [-0.15, -0.1) is 0 Å². The third-order valence-electron chi connectivity index (χ3n) is 2.59. The van der Waals surface area contributed by atoms with Crippen molar-refractivity contribution in [2.75, 3.05) is 0 Å². The van der Waals surface area contributed by atoms with E-state index in [4.69, 9.17) is 74.7 Å². The van der Waals surface area contributed by atoms with Crippen LogP contribution in [0.2, 0.25) is 18.1 Å². The maximum atomic E-state index is 9.58. The van der Waals surface area contributed by atoms with Crippen molar-refractivity contribution < 1.29 is 29.4 Å². The minimum atomic E-state index is -1.98. The van der Waals surface area contributed by atoms with Crippen LogP contribution in [0.1, 0.15) is 20.8 Å². The third kappa shape index (κ3) is 12.7. The Labute approximate surface area is 158 Å². The topological polar surface area (TPSA) is 40.5 Å². The van der Waals surface area contributed by atoms with Gasteiger partial charge in [0.2, 0.25) is 7.59 Å². The number of rotatable bonds is 3. The van der Waals surface area contributed by atoms with E-state index >= 15 is 0 Å². The molecule has 0 heterocycles. The van der Waals surface area contributed by atoms with Crippen LogP contribution < -0.4 is 0 Å². The van der Waals surface area contributed by atoms with E-state index in [1.54, 1.807) is 0 Å². The first kappa shape index (κ1) is 26.4. The number of aliphatic hydroxyl groups is 1. The molecule has 10 heteroatoms. The van der Waals surface area contributed by atoms with Crippen LogP contribution in [0.25, 0.3) is 0 Å². The van der Waals surface area contributed by atoms with E-state index in [2.05, 4.69) is 20.8 Å². The Morgan fingerprint density at radius 2 is 1.05 bits per heavy atom. The Morgan fingerprint density at radius 3 is 1.05 bits per heavy atom. The van der Waals surface area contributed by atoms with Crippen molar-refractivity contribution in [2.24, 2.45) is 0 Å². The van der Waals surface area contributed by atoms with E-state index in [9.17, 15) is 4.80 Å². The molecule has 0 fully saturated rings. The number of aliphatic hydroxyl groups excluding tert-OH is 1. The zero-order valence-corrected chi connectivity index (χ0v) is 19.6. The smallest absolute Gasteiger partial charge is 0.220 e. The van der Waals surface area contributed by atoms with E-state index < -0.39 is 22.0 Å². The summed E-state index contributed by atoms with van der Waals surface area (Å²) in [6, 6.07) is 3.04. The Hall–Kier alpha value is 2.50. The molecule has 0 aliphatic rings. The van der Waals surface area contributed by atoms with Gasteiger partial charge in [0.25, 0.3) is 0 Å². The minimum absolute atomic E-state index is 0. The van der Waals surface area contributed by atoms with Crippen LogP contribution in [0.15, 0.2) is 0 Å². The molecule has 0 aliphatic carbocycles. The average Bonchev–Trinajstić information content (AvgIpc) is 2.25. The van der Waals surface area contributed by atoms with E-state index in [1.807, 2.05) is 0 Å². The van der Waals surface area contributed by atoms with E-state index in [1.165, 1.54) is 0 Å². The first-order valence-electron chi connectivity index (χ1n) is 5.38. The molecule has 0 rings (SSSR count).